The van der Waals surface area contributed by atoms with Crippen molar-refractivity contribution in [2.75, 3.05) is 0 Å². The van der Waals surface area contributed by atoms with Crippen LogP contribution in [-0.2, 0) is 16.2 Å². The van der Waals surface area contributed by atoms with E-state index in [2.05, 4.69) is 5.10 Å². The molecule has 0 aliphatic carbocycles. The molecule has 0 bridgehead atoms. The molecular weight excluding hydrogens is 470 g/mol. The van der Waals surface area contributed by atoms with Crippen LogP contribution < -0.4 is 5.14 Å². The van der Waals surface area contributed by atoms with Crippen LogP contribution in [0.25, 0.3) is 16.9 Å². The SMILES string of the molecule is Cc1ccc(-c2cc(C(F)(F)F)nn2-c2ccc(S(N)(=O)=O)cc2)cc1.O.O.O.O.O.[NaH]. The van der Waals surface area contributed by atoms with Gasteiger partial charge in [-0.3, -0.25) is 0 Å². The molecule has 0 aliphatic rings. The number of hydrogen-bond donors (Lipinski definition) is 1. The third kappa shape index (κ3) is 8.25. The van der Waals surface area contributed by atoms with Crippen LogP contribution in [0.3, 0.4) is 0 Å². The Kier molecular flexibility index (Phi) is 16.0. The molecule has 3 rings (SSSR count). The first kappa shape index (κ1) is 37.5. The fraction of sp³-hybridized carbons (Fsp3) is 0.118. The van der Waals surface area contributed by atoms with Crippen LogP contribution in [0.4, 0.5) is 13.2 Å². The van der Waals surface area contributed by atoms with Gasteiger partial charge in [0, 0.05) is 5.56 Å². The number of halogens is 3. The van der Waals surface area contributed by atoms with Crippen molar-refractivity contribution in [2.45, 2.75) is 18.0 Å². The van der Waals surface area contributed by atoms with Gasteiger partial charge in [0.15, 0.2) is 5.69 Å². The average molecular weight is 495 g/mol. The molecule has 1 aromatic heterocycles. The topological polar surface area (TPSA) is 235 Å². The molecule has 0 fully saturated rings. The number of rotatable bonds is 3. The van der Waals surface area contributed by atoms with E-state index in [9.17, 15) is 21.6 Å². The Labute approximate surface area is 203 Å². The number of nitrogens with zero attached hydrogens (tertiary/aromatic N) is 2. The molecule has 10 nitrogen and oxygen atoms in total. The van der Waals surface area contributed by atoms with E-state index >= 15 is 0 Å². The molecule has 0 saturated heterocycles. The van der Waals surface area contributed by atoms with E-state index in [1.54, 1.807) is 24.3 Å². The van der Waals surface area contributed by atoms with Crippen molar-refractivity contribution in [3.63, 3.8) is 0 Å². The van der Waals surface area contributed by atoms with Gasteiger partial charge in [0.05, 0.1) is 16.3 Å². The van der Waals surface area contributed by atoms with Crippen LogP contribution >= 0.6 is 0 Å². The first-order valence-electron chi connectivity index (χ1n) is 7.43. The summed E-state index contributed by atoms with van der Waals surface area (Å²) >= 11 is 0. The molecule has 2 aromatic carbocycles. The van der Waals surface area contributed by atoms with Crippen LogP contribution in [-0.4, -0.2) is 75.1 Å². The van der Waals surface area contributed by atoms with E-state index in [4.69, 9.17) is 5.14 Å². The maximum atomic E-state index is 13.1. The number of alkyl halides is 3. The van der Waals surface area contributed by atoms with Crippen molar-refractivity contribution >= 4 is 39.6 Å². The van der Waals surface area contributed by atoms with Gasteiger partial charge in [-0.25, -0.2) is 18.2 Å². The predicted molar refractivity (Wildman–Crippen MR) is 115 cm³/mol. The summed E-state index contributed by atoms with van der Waals surface area (Å²) in [6.45, 7) is 1.87. The molecule has 0 radical (unpaired) electrons. The predicted octanol–water partition coefficient (Wildman–Crippen LogP) is -1.26. The Morgan fingerprint density at radius 2 is 1.34 bits per heavy atom. The van der Waals surface area contributed by atoms with Gasteiger partial charge in [-0.1, -0.05) is 29.8 Å². The van der Waals surface area contributed by atoms with E-state index in [1.165, 1.54) is 24.3 Å². The van der Waals surface area contributed by atoms with Gasteiger partial charge in [0.25, 0.3) is 0 Å². The van der Waals surface area contributed by atoms with Crippen molar-refractivity contribution in [3.8, 4) is 16.9 Å². The molecule has 0 unspecified atom stereocenters. The number of sulfonamides is 1. The summed E-state index contributed by atoms with van der Waals surface area (Å²) in [5.41, 5.74) is 0.996. The Morgan fingerprint density at radius 3 is 1.75 bits per heavy atom. The zero-order valence-electron chi connectivity index (χ0n) is 16.0. The first-order valence-corrected chi connectivity index (χ1v) is 8.98. The van der Waals surface area contributed by atoms with E-state index in [0.717, 1.165) is 16.3 Å². The van der Waals surface area contributed by atoms with Gasteiger partial charge in [0.2, 0.25) is 10.0 Å². The monoisotopic (exact) mass is 495 g/mol. The zero-order chi connectivity index (χ0) is 19.1. The minimum absolute atomic E-state index is 0. The second-order valence-corrected chi connectivity index (χ2v) is 7.29. The van der Waals surface area contributed by atoms with Gasteiger partial charge in [-0.05, 0) is 37.3 Å². The molecule has 0 saturated carbocycles. The number of benzene rings is 2. The molecule has 0 aliphatic heterocycles. The number of aryl methyl sites for hydroxylation is 1. The summed E-state index contributed by atoms with van der Waals surface area (Å²) in [4.78, 5) is -0.138. The number of hydrogen-bond acceptors (Lipinski definition) is 3. The van der Waals surface area contributed by atoms with Gasteiger partial charge < -0.3 is 27.4 Å². The quantitative estimate of drug-likeness (QED) is 0.438. The van der Waals surface area contributed by atoms with Crippen molar-refractivity contribution in [1.82, 2.24) is 9.78 Å². The summed E-state index contributed by atoms with van der Waals surface area (Å²) in [5, 5.41) is 8.70. The second-order valence-electron chi connectivity index (χ2n) is 5.73. The molecule has 0 spiro atoms. The molecule has 178 valence electrons. The number of nitrogens with two attached hydrogens (primary N) is 1. The standard InChI is InChI=1S/C17H14F3N3O2S.Na.5H2O.H/c1-11-2-4-12(5-3-11)15-10-16(17(18,19)20)22-23(15)13-6-8-14(9-7-13)26(21,24)25;;;;;;;/h2-10H,1H3,(H2,21,24,25);;5*1H2;. The van der Waals surface area contributed by atoms with E-state index < -0.39 is 21.9 Å². The molecule has 12 N–H and O–H groups in total. The summed E-state index contributed by atoms with van der Waals surface area (Å²) in [6.07, 6.45) is -4.61. The van der Waals surface area contributed by atoms with Crippen LogP contribution in [0.1, 0.15) is 11.3 Å². The van der Waals surface area contributed by atoms with Crippen molar-refractivity contribution in [3.05, 3.63) is 65.9 Å². The summed E-state index contributed by atoms with van der Waals surface area (Å²) in [5.74, 6) is 0. The maximum absolute atomic E-state index is 13.1. The Balaban J connectivity index is -0.000000653. The van der Waals surface area contributed by atoms with Gasteiger partial charge >= 0.3 is 35.7 Å². The van der Waals surface area contributed by atoms with E-state index in [-0.39, 0.29) is 73.2 Å². The summed E-state index contributed by atoms with van der Waals surface area (Å²) < 4.78 is 63.2. The van der Waals surface area contributed by atoms with E-state index in [0.29, 0.717) is 5.56 Å². The molecule has 32 heavy (non-hydrogen) atoms. The fourth-order valence-electron chi connectivity index (χ4n) is 2.42. The number of aromatic nitrogens is 2. The summed E-state index contributed by atoms with van der Waals surface area (Å²) in [6, 6.07) is 13.1. The second kappa shape index (κ2) is 13.6. The third-order valence-corrected chi connectivity index (χ3v) is 4.69. The Morgan fingerprint density at radius 1 is 0.875 bits per heavy atom. The van der Waals surface area contributed by atoms with Gasteiger partial charge in [-0.2, -0.15) is 18.3 Å². The molecule has 15 heteroatoms. The molecule has 3 aromatic rings. The fourth-order valence-corrected chi connectivity index (χ4v) is 2.94. The van der Waals surface area contributed by atoms with Crippen LogP contribution in [0.2, 0.25) is 0 Å². The summed E-state index contributed by atoms with van der Waals surface area (Å²) in [7, 11) is -3.90. The first-order chi connectivity index (χ1) is 12.1. The van der Waals surface area contributed by atoms with Gasteiger partial charge in [-0.15, -0.1) is 0 Å². The van der Waals surface area contributed by atoms with Crippen molar-refractivity contribution in [1.29, 1.82) is 0 Å². The van der Waals surface area contributed by atoms with Crippen molar-refractivity contribution in [2.24, 2.45) is 5.14 Å². The average Bonchev–Trinajstić information content (AvgIpc) is 3.00. The molecule has 1 heterocycles. The minimum atomic E-state index is -4.61. The van der Waals surface area contributed by atoms with Gasteiger partial charge in [0.1, 0.15) is 0 Å². The normalized spacial score (nSPS) is 10.0. The van der Waals surface area contributed by atoms with E-state index in [1.807, 2.05) is 6.92 Å². The van der Waals surface area contributed by atoms with Crippen LogP contribution in [0.15, 0.2) is 59.5 Å². The Bertz CT molecular complexity index is 1060. The van der Waals surface area contributed by atoms with Crippen molar-refractivity contribution < 1.29 is 49.0 Å². The molecule has 0 amide bonds. The molecule has 0 atom stereocenters. The number of primary sulfonamides is 1. The Hall–Kier alpha value is -1.85. The third-order valence-electron chi connectivity index (χ3n) is 3.76. The zero-order valence-corrected chi connectivity index (χ0v) is 16.8. The molecular formula is C17H25F3N3NaO7S. The van der Waals surface area contributed by atoms with Crippen LogP contribution in [0.5, 0.6) is 0 Å². The van der Waals surface area contributed by atoms with Crippen LogP contribution in [0, 0.1) is 6.92 Å².